The topological polar surface area (TPSA) is 83.5 Å². The van der Waals surface area contributed by atoms with Crippen LogP contribution >= 0.6 is 0 Å². The van der Waals surface area contributed by atoms with Crippen LogP contribution in [0.25, 0.3) is 0 Å². The summed E-state index contributed by atoms with van der Waals surface area (Å²) in [5.41, 5.74) is 1.94. The lowest BCUT2D eigenvalue weighted by molar-refractivity contribution is 0.0645. The summed E-state index contributed by atoms with van der Waals surface area (Å²) in [5, 5.41) is 3.28. The second-order valence-corrected chi connectivity index (χ2v) is 9.23. The number of nitrogens with zero attached hydrogens (tertiary/aromatic N) is 5. The van der Waals surface area contributed by atoms with Crippen LogP contribution in [0.2, 0.25) is 0 Å². The first kappa shape index (κ1) is 23.5. The molecule has 2 aromatic heterocycles. The van der Waals surface area contributed by atoms with Crippen LogP contribution < -0.4 is 15.0 Å². The minimum Gasteiger partial charge on any atom is -0.497 e. The summed E-state index contributed by atoms with van der Waals surface area (Å²) in [5.74, 6) is 2.87. The lowest BCUT2D eigenvalue weighted by Crippen LogP contribution is -2.48. The molecule has 0 radical (unpaired) electrons. The van der Waals surface area contributed by atoms with E-state index >= 15 is 0 Å². The van der Waals surface area contributed by atoms with Gasteiger partial charge in [0, 0.05) is 62.3 Å². The van der Waals surface area contributed by atoms with E-state index in [9.17, 15) is 4.79 Å². The van der Waals surface area contributed by atoms with Crippen LogP contribution in [0.1, 0.15) is 41.6 Å². The SMILES string of the molecule is COc1cccc(Nc2ncccc2C(=O)N2CCC[C@](C)(c3nc(C)cc(N(C)C)n3)C2)c1. The zero-order valence-corrected chi connectivity index (χ0v) is 20.5. The third-order valence-electron chi connectivity index (χ3n) is 6.19. The molecule has 4 rings (SSSR count). The number of aryl methyl sites for hydroxylation is 1. The van der Waals surface area contributed by atoms with E-state index in [2.05, 4.69) is 17.2 Å². The highest BCUT2D eigenvalue weighted by Gasteiger charge is 2.38. The maximum Gasteiger partial charge on any atom is 0.257 e. The van der Waals surface area contributed by atoms with Gasteiger partial charge in [0.2, 0.25) is 0 Å². The van der Waals surface area contributed by atoms with E-state index in [1.54, 1.807) is 19.4 Å². The number of aromatic nitrogens is 3. The number of hydrogen-bond donors (Lipinski definition) is 1. The fourth-order valence-electron chi connectivity index (χ4n) is 4.33. The highest BCUT2D eigenvalue weighted by Crippen LogP contribution is 2.34. The minimum atomic E-state index is -0.326. The van der Waals surface area contributed by atoms with Crippen LogP contribution in [0.4, 0.5) is 17.3 Å². The van der Waals surface area contributed by atoms with E-state index in [0.29, 0.717) is 24.5 Å². The number of anilines is 3. The lowest BCUT2D eigenvalue weighted by atomic mass is 9.80. The second kappa shape index (κ2) is 9.67. The molecule has 178 valence electrons. The number of amides is 1. The second-order valence-electron chi connectivity index (χ2n) is 9.23. The van der Waals surface area contributed by atoms with Crippen LogP contribution in [-0.2, 0) is 5.41 Å². The fourth-order valence-corrected chi connectivity index (χ4v) is 4.33. The Morgan fingerprint density at radius 1 is 1.18 bits per heavy atom. The first-order chi connectivity index (χ1) is 16.3. The molecule has 0 saturated carbocycles. The third-order valence-corrected chi connectivity index (χ3v) is 6.19. The van der Waals surface area contributed by atoms with Gasteiger partial charge < -0.3 is 19.9 Å². The summed E-state index contributed by atoms with van der Waals surface area (Å²) >= 11 is 0. The smallest absolute Gasteiger partial charge is 0.257 e. The maximum absolute atomic E-state index is 13.7. The number of nitrogens with one attached hydrogen (secondary N) is 1. The molecule has 0 spiro atoms. The number of likely N-dealkylation sites (tertiary alicyclic amines) is 1. The quantitative estimate of drug-likeness (QED) is 0.590. The van der Waals surface area contributed by atoms with E-state index in [4.69, 9.17) is 14.7 Å². The highest BCUT2D eigenvalue weighted by atomic mass is 16.5. The fraction of sp³-hybridized carbons (Fsp3) is 0.385. The first-order valence-electron chi connectivity index (χ1n) is 11.5. The number of rotatable bonds is 6. The van der Waals surface area contributed by atoms with Crippen molar-refractivity contribution in [2.75, 3.05) is 44.5 Å². The summed E-state index contributed by atoms with van der Waals surface area (Å²) in [6, 6.07) is 13.1. The zero-order valence-electron chi connectivity index (χ0n) is 20.5. The Labute approximate surface area is 201 Å². The van der Waals surface area contributed by atoms with Crippen LogP contribution in [0.15, 0.2) is 48.7 Å². The van der Waals surface area contributed by atoms with E-state index in [1.807, 2.05) is 67.2 Å². The Kier molecular flexibility index (Phi) is 6.68. The van der Waals surface area contributed by atoms with Crippen molar-refractivity contribution in [1.29, 1.82) is 0 Å². The summed E-state index contributed by atoms with van der Waals surface area (Å²) in [7, 11) is 5.58. The first-order valence-corrected chi connectivity index (χ1v) is 11.5. The Balaban J connectivity index is 1.59. The van der Waals surface area contributed by atoms with Crippen LogP contribution in [0.5, 0.6) is 5.75 Å². The number of piperidine rings is 1. The van der Waals surface area contributed by atoms with E-state index in [0.717, 1.165) is 41.6 Å². The predicted molar refractivity (Wildman–Crippen MR) is 134 cm³/mol. The average molecular weight is 461 g/mol. The summed E-state index contributed by atoms with van der Waals surface area (Å²) in [6.07, 6.45) is 3.49. The van der Waals surface area contributed by atoms with E-state index < -0.39 is 0 Å². The Hall–Kier alpha value is -3.68. The summed E-state index contributed by atoms with van der Waals surface area (Å²) in [6.45, 7) is 5.38. The van der Waals surface area contributed by atoms with Gasteiger partial charge in [-0.2, -0.15) is 0 Å². The molecule has 0 unspecified atom stereocenters. The van der Waals surface area contributed by atoms with Gasteiger partial charge in [0.1, 0.15) is 23.2 Å². The molecule has 1 aromatic carbocycles. The molecular formula is C26H32N6O2. The molecule has 1 fully saturated rings. The molecule has 1 aliphatic heterocycles. The van der Waals surface area contributed by atoms with Crippen molar-refractivity contribution < 1.29 is 9.53 Å². The average Bonchev–Trinajstić information content (AvgIpc) is 2.83. The number of carbonyl (C=O) groups excluding carboxylic acids is 1. The van der Waals surface area contributed by atoms with Crippen molar-refractivity contribution >= 4 is 23.2 Å². The monoisotopic (exact) mass is 460 g/mol. The van der Waals surface area contributed by atoms with Gasteiger partial charge in [-0.1, -0.05) is 13.0 Å². The Bertz CT molecular complexity index is 1180. The van der Waals surface area contributed by atoms with Crippen molar-refractivity contribution in [3.05, 3.63) is 65.7 Å². The summed E-state index contributed by atoms with van der Waals surface area (Å²) < 4.78 is 5.31. The number of pyridine rings is 1. The Morgan fingerprint density at radius 2 is 2.00 bits per heavy atom. The van der Waals surface area contributed by atoms with Crippen molar-refractivity contribution in [1.82, 2.24) is 19.9 Å². The number of benzene rings is 1. The van der Waals surface area contributed by atoms with Crippen molar-refractivity contribution in [3.8, 4) is 5.75 Å². The lowest BCUT2D eigenvalue weighted by Gasteiger charge is -2.40. The number of carbonyl (C=O) groups is 1. The van der Waals surface area contributed by atoms with E-state index in [1.165, 1.54) is 0 Å². The number of hydrogen-bond acceptors (Lipinski definition) is 7. The van der Waals surface area contributed by atoms with Crippen LogP contribution in [0, 0.1) is 6.92 Å². The van der Waals surface area contributed by atoms with Gasteiger partial charge in [0.25, 0.3) is 5.91 Å². The van der Waals surface area contributed by atoms with Crippen LogP contribution in [-0.4, -0.2) is 60.1 Å². The van der Waals surface area contributed by atoms with Gasteiger partial charge in [0.05, 0.1) is 12.7 Å². The molecule has 3 aromatic rings. The molecule has 0 bridgehead atoms. The van der Waals surface area contributed by atoms with Crippen molar-refractivity contribution in [2.45, 2.75) is 32.1 Å². The molecule has 1 aliphatic rings. The van der Waals surface area contributed by atoms with Gasteiger partial charge in [-0.05, 0) is 44.0 Å². The molecule has 1 atom stereocenters. The molecule has 34 heavy (non-hydrogen) atoms. The standard InChI is InChI=1S/C26H32N6O2/c1-18-15-22(31(3)4)30-25(28-18)26(2)12-8-14-32(17-26)24(33)21-11-7-13-27-23(21)29-19-9-6-10-20(16-19)34-5/h6-7,9-11,13,15-16H,8,12,14,17H2,1-5H3,(H,27,29)/t26-/m0/s1. The molecule has 1 saturated heterocycles. The minimum absolute atomic E-state index is 0.0510. The number of ether oxygens (including phenoxy) is 1. The molecule has 3 heterocycles. The van der Waals surface area contributed by atoms with Gasteiger partial charge in [-0.25, -0.2) is 15.0 Å². The molecule has 1 amide bonds. The third kappa shape index (κ3) is 4.95. The van der Waals surface area contributed by atoms with Gasteiger partial charge in [-0.3, -0.25) is 4.79 Å². The van der Waals surface area contributed by atoms with E-state index in [-0.39, 0.29) is 11.3 Å². The van der Waals surface area contributed by atoms with Gasteiger partial charge >= 0.3 is 0 Å². The number of methoxy groups -OCH3 is 1. The van der Waals surface area contributed by atoms with Crippen molar-refractivity contribution in [2.24, 2.45) is 0 Å². The maximum atomic E-state index is 13.7. The van der Waals surface area contributed by atoms with Gasteiger partial charge in [-0.15, -0.1) is 0 Å². The molecule has 8 nitrogen and oxygen atoms in total. The molecule has 1 N–H and O–H groups in total. The molecule has 8 heteroatoms. The molecule has 0 aliphatic carbocycles. The van der Waals surface area contributed by atoms with Crippen molar-refractivity contribution in [3.63, 3.8) is 0 Å². The predicted octanol–water partition coefficient (Wildman–Crippen LogP) is 4.19. The normalized spacial score (nSPS) is 17.9. The largest absolute Gasteiger partial charge is 0.497 e. The zero-order chi connectivity index (χ0) is 24.3. The Morgan fingerprint density at radius 3 is 2.76 bits per heavy atom. The van der Waals surface area contributed by atoms with Crippen LogP contribution in [0.3, 0.4) is 0 Å². The van der Waals surface area contributed by atoms with Gasteiger partial charge in [0.15, 0.2) is 0 Å². The summed E-state index contributed by atoms with van der Waals surface area (Å²) in [4.78, 5) is 31.6. The highest BCUT2D eigenvalue weighted by molar-refractivity contribution is 5.99. The molecular weight excluding hydrogens is 428 g/mol.